The molecule has 3 aliphatic heterocycles. The van der Waals surface area contributed by atoms with E-state index in [0.717, 1.165) is 21.8 Å². The molecule has 0 unspecified atom stereocenters. The van der Waals surface area contributed by atoms with Gasteiger partial charge in [-0.15, -0.1) is 0 Å². The molecule has 6 aromatic rings. The van der Waals surface area contributed by atoms with Crippen LogP contribution in [0.25, 0.3) is 43.6 Å². The second-order valence-electron chi connectivity index (χ2n) is 11.7. The minimum Gasteiger partial charge on any atom is -0.374 e. The minimum atomic E-state index is -1.32. The van der Waals surface area contributed by atoms with Gasteiger partial charge in [0.1, 0.15) is 12.3 Å². The summed E-state index contributed by atoms with van der Waals surface area (Å²) in [6, 6.07) is 11.5. The summed E-state index contributed by atoms with van der Waals surface area (Å²) in [5, 5.41) is 5.27. The molecule has 9 nitrogen and oxygen atoms in total. The number of aromatic nitrogens is 2. The van der Waals surface area contributed by atoms with Crippen molar-refractivity contribution in [1.29, 1.82) is 0 Å². The monoisotopic (exact) mass is 589 g/mol. The molecule has 2 bridgehead atoms. The number of benzene rings is 4. The zero-order valence-electron chi connectivity index (χ0n) is 28.9. The molecule has 0 spiro atoms. The van der Waals surface area contributed by atoms with E-state index >= 15 is 0 Å². The number of imide groups is 1. The molecular formula is C35H28N4O5. The van der Waals surface area contributed by atoms with Crippen molar-refractivity contribution in [3.8, 4) is 0 Å². The van der Waals surface area contributed by atoms with E-state index in [1.807, 2.05) is 64.6 Å². The van der Waals surface area contributed by atoms with Gasteiger partial charge in [0.25, 0.3) is 17.7 Å². The van der Waals surface area contributed by atoms with Crippen molar-refractivity contribution in [2.45, 2.75) is 37.4 Å². The molecule has 9 rings (SSSR count). The number of hydrogen-bond acceptors (Lipinski definition) is 5. The van der Waals surface area contributed by atoms with E-state index in [1.54, 1.807) is 0 Å². The molecule has 0 aliphatic carbocycles. The number of nitrogens with one attached hydrogen (secondary N) is 1. The molecule has 4 atom stereocenters. The SMILES string of the molecule is [2H]c1c([2H])c([2H])c(C(=O)N(C)[C@@H]2C[C@H]3O[C@@](C)([C@@H]2OC)n2c4ccccc4c4c5c(c6c7ccccc7n3c6c42)C(=O)NC5=O)c([2H])c1[2H]. The first-order valence-corrected chi connectivity index (χ1v) is 14.3. The summed E-state index contributed by atoms with van der Waals surface area (Å²) in [7, 11) is 3.06. The summed E-state index contributed by atoms with van der Waals surface area (Å²) >= 11 is 0. The van der Waals surface area contributed by atoms with Crippen LogP contribution < -0.4 is 5.32 Å². The van der Waals surface area contributed by atoms with Crippen LogP contribution >= 0.6 is 0 Å². The molecule has 1 saturated heterocycles. The third kappa shape index (κ3) is 2.93. The van der Waals surface area contributed by atoms with E-state index in [0.29, 0.717) is 32.9 Å². The van der Waals surface area contributed by atoms with Crippen molar-refractivity contribution in [1.82, 2.24) is 19.4 Å². The fourth-order valence-electron chi connectivity index (χ4n) is 8.00. The Morgan fingerprint density at radius 2 is 1.59 bits per heavy atom. The van der Waals surface area contributed by atoms with E-state index in [4.69, 9.17) is 16.3 Å². The van der Waals surface area contributed by atoms with Gasteiger partial charge in [-0.3, -0.25) is 19.7 Å². The van der Waals surface area contributed by atoms with Gasteiger partial charge >= 0.3 is 0 Å². The van der Waals surface area contributed by atoms with E-state index in [2.05, 4.69) is 5.32 Å². The number of methoxy groups -OCH3 is 1. The Hall–Kier alpha value is -4.99. The molecule has 1 N–H and O–H groups in total. The number of carbonyl (C=O) groups excluding carboxylic acids is 3. The first-order chi connectivity index (χ1) is 23.4. The minimum absolute atomic E-state index is 0.190. The van der Waals surface area contributed by atoms with E-state index in [1.165, 1.54) is 19.1 Å². The van der Waals surface area contributed by atoms with Gasteiger partial charge in [-0.05, 0) is 31.1 Å². The van der Waals surface area contributed by atoms with Gasteiger partial charge in [0.15, 0.2) is 5.72 Å². The van der Waals surface area contributed by atoms with Crippen molar-refractivity contribution in [3.05, 3.63) is 95.4 Å². The van der Waals surface area contributed by atoms with Gasteiger partial charge in [-0.1, -0.05) is 54.5 Å². The lowest BCUT2D eigenvalue weighted by atomic mass is 9.91. The predicted molar refractivity (Wildman–Crippen MR) is 166 cm³/mol. The fourth-order valence-corrected chi connectivity index (χ4v) is 8.00. The molecule has 1 fully saturated rings. The highest BCUT2D eigenvalue weighted by Gasteiger charge is 2.55. The summed E-state index contributed by atoms with van der Waals surface area (Å²) in [4.78, 5) is 42.9. The standard InChI is InChI=1S/C35H28N4O5/c1-35-31(43-3)23(37(2)34(42)18-11-5-4-6-12-18)17-24(44-35)38-21-15-9-7-13-19(21)25-27-28(33(41)36-32(27)40)26-20-14-8-10-16-22(20)39(35)30(26)29(25)38/h4-16,23-24,31H,17H2,1-3H3,(H,36,40,41)/t23-,24-,31-,35+/m1/s1/i4D,5D,6D,11D,12D. The van der Waals surface area contributed by atoms with Crippen LogP contribution in [0.5, 0.6) is 0 Å². The molecular weight excluding hydrogens is 556 g/mol. The number of ether oxygens (including phenoxy) is 2. The molecule has 2 aromatic heterocycles. The quantitative estimate of drug-likeness (QED) is 0.273. The molecule has 0 radical (unpaired) electrons. The van der Waals surface area contributed by atoms with Gasteiger partial charge in [-0.2, -0.15) is 0 Å². The number of amides is 3. The lowest BCUT2D eigenvalue weighted by molar-refractivity contribution is -0.264. The van der Waals surface area contributed by atoms with Crippen molar-refractivity contribution in [3.63, 3.8) is 0 Å². The van der Waals surface area contributed by atoms with Crippen molar-refractivity contribution in [2.75, 3.05) is 14.2 Å². The van der Waals surface area contributed by atoms with Gasteiger partial charge in [-0.25, -0.2) is 0 Å². The summed E-state index contributed by atoms with van der Waals surface area (Å²) < 4.78 is 58.8. The van der Waals surface area contributed by atoms with Crippen LogP contribution in [-0.4, -0.2) is 58.1 Å². The summed E-state index contributed by atoms with van der Waals surface area (Å²) in [5.41, 5.74) is 1.72. The Balaban J connectivity index is 1.38. The van der Waals surface area contributed by atoms with Gasteiger partial charge in [0, 0.05) is 47.7 Å². The number of carbonyl (C=O) groups is 3. The topological polar surface area (TPSA) is 94.8 Å². The van der Waals surface area contributed by atoms with Crippen LogP contribution in [0, 0.1) is 0 Å². The summed E-state index contributed by atoms with van der Waals surface area (Å²) in [6.45, 7) is 1.87. The molecule has 9 heteroatoms. The Bertz CT molecular complexity index is 2530. The van der Waals surface area contributed by atoms with Crippen LogP contribution in [0.3, 0.4) is 0 Å². The number of likely N-dealkylation sites (N-methyl/N-ethyl adjacent to an activating group) is 1. The van der Waals surface area contributed by atoms with Crippen molar-refractivity contribution in [2.24, 2.45) is 0 Å². The zero-order valence-corrected chi connectivity index (χ0v) is 23.9. The average Bonchev–Trinajstić information content (AvgIpc) is 3.70. The summed E-state index contributed by atoms with van der Waals surface area (Å²) in [5.74, 6) is -1.71. The maximum atomic E-state index is 14.3. The lowest BCUT2D eigenvalue weighted by Crippen LogP contribution is -2.61. The largest absolute Gasteiger partial charge is 0.374 e. The van der Waals surface area contributed by atoms with E-state index < -0.39 is 77.6 Å². The molecule has 4 aromatic carbocycles. The number of fused-ring (bicyclic) bond motifs is 13. The first-order valence-electron chi connectivity index (χ1n) is 16.8. The molecule has 218 valence electrons. The lowest BCUT2D eigenvalue weighted by Gasteiger charge is -2.50. The fraction of sp³-hybridized carbons (Fsp3) is 0.229. The Kier molecular flexibility index (Phi) is 4.05. The van der Waals surface area contributed by atoms with Crippen LogP contribution in [0.15, 0.2) is 78.7 Å². The molecule has 44 heavy (non-hydrogen) atoms. The normalized spacial score (nSPS) is 25.5. The number of nitrogens with zero attached hydrogens (tertiary/aromatic N) is 3. The third-order valence-corrected chi connectivity index (χ3v) is 9.65. The average molecular weight is 590 g/mol. The number of hydrogen-bond donors (Lipinski definition) is 1. The maximum Gasteiger partial charge on any atom is 0.259 e. The smallest absolute Gasteiger partial charge is 0.259 e. The van der Waals surface area contributed by atoms with Crippen molar-refractivity contribution >= 4 is 61.3 Å². The maximum absolute atomic E-state index is 14.3. The van der Waals surface area contributed by atoms with Crippen LogP contribution in [0.2, 0.25) is 0 Å². The highest BCUT2D eigenvalue weighted by atomic mass is 16.6. The second-order valence-corrected chi connectivity index (χ2v) is 11.7. The second kappa shape index (κ2) is 8.56. The van der Waals surface area contributed by atoms with Crippen molar-refractivity contribution < 1.29 is 30.7 Å². The zero-order chi connectivity index (χ0) is 34.4. The third-order valence-electron chi connectivity index (χ3n) is 9.65. The van der Waals surface area contributed by atoms with E-state index in [-0.39, 0.29) is 6.42 Å². The van der Waals surface area contributed by atoms with Crippen LogP contribution in [0.4, 0.5) is 0 Å². The number of rotatable bonds is 3. The first kappa shape index (κ1) is 20.8. The Labute approximate surface area is 258 Å². The van der Waals surface area contributed by atoms with Gasteiger partial charge < -0.3 is 23.5 Å². The van der Waals surface area contributed by atoms with Gasteiger partial charge in [0.05, 0.1) is 46.1 Å². The van der Waals surface area contributed by atoms with Crippen LogP contribution in [-0.2, 0) is 15.2 Å². The molecule has 3 aliphatic rings. The molecule has 5 heterocycles. The Morgan fingerprint density at radius 1 is 0.977 bits per heavy atom. The Morgan fingerprint density at radius 3 is 2.27 bits per heavy atom. The molecule has 3 amide bonds. The van der Waals surface area contributed by atoms with Crippen LogP contribution in [0.1, 0.15) is 57.5 Å². The van der Waals surface area contributed by atoms with E-state index in [9.17, 15) is 14.4 Å². The number of para-hydroxylation sites is 2. The highest BCUT2D eigenvalue weighted by molar-refractivity contribution is 6.39. The predicted octanol–water partition coefficient (Wildman–Crippen LogP) is 5.55. The molecule has 0 saturated carbocycles. The van der Waals surface area contributed by atoms with Gasteiger partial charge in [0.2, 0.25) is 0 Å². The summed E-state index contributed by atoms with van der Waals surface area (Å²) in [6.07, 6.45) is -1.38. The highest BCUT2D eigenvalue weighted by Crippen LogP contribution is 2.54.